The monoisotopic (exact) mass is 225 g/mol. The molecule has 2 N–H and O–H groups in total. The summed E-state index contributed by atoms with van der Waals surface area (Å²) in [6.45, 7) is 10.1. The van der Waals surface area contributed by atoms with E-state index >= 15 is 0 Å². The second-order valence-corrected chi connectivity index (χ2v) is 4.71. The Kier molecular flexibility index (Phi) is 6.05. The molecule has 2 atom stereocenters. The fourth-order valence-corrected chi connectivity index (χ4v) is 1.54. The number of likely N-dealkylation sites (N-methyl/N-ethyl adjacent to an activating group) is 1. The van der Waals surface area contributed by atoms with E-state index in [0.717, 1.165) is 0 Å². The number of hydrogen-bond donors (Lipinski definition) is 1. The quantitative estimate of drug-likeness (QED) is 0.768. The van der Waals surface area contributed by atoms with Crippen molar-refractivity contribution in [3.8, 4) is 6.07 Å². The van der Waals surface area contributed by atoms with E-state index in [1.807, 2.05) is 34.6 Å². The Morgan fingerprint density at radius 3 is 2.06 bits per heavy atom. The van der Waals surface area contributed by atoms with Gasteiger partial charge in [-0.15, -0.1) is 0 Å². The van der Waals surface area contributed by atoms with E-state index in [9.17, 15) is 4.79 Å². The molecule has 0 unspecified atom stereocenters. The molecule has 0 saturated carbocycles. The molecule has 92 valence electrons. The zero-order chi connectivity index (χ0) is 12.9. The molecule has 0 aliphatic rings. The first kappa shape index (κ1) is 14.9. The Morgan fingerprint density at radius 2 is 1.81 bits per heavy atom. The first-order chi connectivity index (χ1) is 7.36. The Bertz CT molecular complexity index is 268. The van der Waals surface area contributed by atoms with Crippen LogP contribution in [0.4, 0.5) is 0 Å². The molecule has 16 heavy (non-hydrogen) atoms. The minimum Gasteiger partial charge on any atom is -0.325 e. The van der Waals surface area contributed by atoms with Crippen LogP contribution in [0.2, 0.25) is 0 Å². The van der Waals surface area contributed by atoms with Crippen LogP contribution in [-0.4, -0.2) is 29.4 Å². The SMILES string of the molecule is CCN(C(=O)[C@@H](N)C(C)C)[C@H](C#N)C(C)C. The van der Waals surface area contributed by atoms with Crippen LogP contribution in [0, 0.1) is 23.2 Å². The molecule has 0 spiro atoms. The van der Waals surface area contributed by atoms with Gasteiger partial charge in [0.1, 0.15) is 6.04 Å². The lowest BCUT2D eigenvalue weighted by atomic mass is 9.99. The van der Waals surface area contributed by atoms with Gasteiger partial charge in [-0.05, 0) is 18.8 Å². The van der Waals surface area contributed by atoms with Crippen LogP contribution in [0.25, 0.3) is 0 Å². The number of amides is 1. The number of carbonyl (C=O) groups excluding carboxylic acids is 1. The van der Waals surface area contributed by atoms with Crippen LogP contribution < -0.4 is 5.73 Å². The van der Waals surface area contributed by atoms with Crippen LogP contribution in [-0.2, 0) is 4.79 Å². The van der Waals surface area contributed by atoms with E-state index in [2.05, 4.69) is 6.07 Å². The standard InChI is InChI=1S/C12H23N3O/c1-6-15(10(7-13)8(2)3)12(16)11(14)9(4)5/h8-11H,6,14H2,1-5H3/t10-,11+/m1/s1. The third-order valence-corrected chi connectivity index (χ3v) is 2.73. The summed E-state index contributed by atoms with van der Waals surface area (Å²) >= 11 is 0. The second-order valence-electron chi connectivity index (χ2n) is 4.71. The number of rotatable bonds is 5. The highest BCUT2D eigenvalue weighted by molar-refractivity contribution is 5.82. The predicted octanol–water partition coefficient (Wildman–Crippen LogP) is 1.37. The molecular weight excluding hydrogens is 202 g/mol. The van der Waals surface area contributed by atoms with Gasteiger partial charge in [0.05, 0.1) is 12.1 Å². The van der Waals surface area contributed by atoms with Crippen molar-refractivity contribution < 1.29 is 4.79 Å². The fourth-order valence-electron chi connectivity index (χ4n) is 1.54. The first-order valence-corrected chi connectivity index (χ1v) is 5.82. The number of hydrogen-bond acceptors (Lipinski definition) is 3. The van der Waals surface area contributed by atoms with Crippen molar-refractivity contribution in [1.29, 1.82) is 5.26 Å². The summed E-state index contributed by atoms with van der Waals surface area (Å²) in [7, 11) is 0. The first-order valence-electron chi connectivity index (χ1n) is 5.82. The van der Waals surface area contributed by atoms with Gasteiger partial charge in [0.2, 0.25) is 5.91 Å². The van der Waals surface area contributed by atoms with Crippen LogP contribution >= 0.6 is 0 Å². The topological polar surface area (TPSA) is 70.1 Å². The Balaban J connectivity index is 4.86. The molecular formula is C12H23N3O. The molecule has 0 aliphatic heterocycles. The highest BCUT2D eigenvalue weighted by Gasteiger charge is 2.29. The van der Waals surface area contributed by atoms with Crippen molar-refractivity contribution in [2.24, 2.45) is 17.6 Å². The third kappa shape index (κ3) is 3.49. The number of nitrogens with two attached hydrogens (primary N) is 1. The molecule has 0 rings (SSSR count). The Labute approximate surface area is 98.4 Å². The fraction of sp³-hybridized carbons (Fsp3) is 0.833. The lowest BCUT2D eigenvalue weighted by molar-refractivity contribution is -0.135. The highest BCUT2D eigenvalue weighted by Crippen LogP contribution is 2.13. The summed E-state index contributed by atoms with van der Waals surface area (Å²) in [6.07, 6.45) is 0. The minimum atomic E-state index is -0.519. The minimum absolute atomic E-state index is 0.0908. The predicted molar refractivity (Wildman–Crippen MR) is 64.4 cm³/mol. The zero-order valence-corrected chi connectivity index (χ0v) is 10.9. The third-order valence-electron chi connectivity index (χ3n) is 2.73. The number of nitrogens with zero attached hydrogens (tertiary/aromatic N) is 2. The molecule has 0 aromatic rings. The average molecular weight is 225 g/mol. The summed E-state index contributed by atoms with van der Waals surface area (Å²) < 4.78 is 0. The molecule has 0 saturated heterocycles. The zero-order valence-electron chi connectivity index (χ0n) is 10.9. The van der Waals surface area contributed by atoms with Crippen molar-refractivity contribution in [3.63, 3.8) is 0 Å². The van der Waals surface area contributed by atoms with Gasteiger partial charge >= 0.3 is 0 Å². The molecule has 0 aromatic carbocycles. The van der Waals surface area contributed by atoms with Gasteiger partial charge in [0.15, 0.2) is 0 Å². The maximum absolute atomic E-state index is 12.1. The van der Waals surface area contributed by atoms with Gasteiger partial charge in [-0.25, -0.2) is 0 Å². The van der Waals surface area contributed by atoms with Crippen LogP contribution in [0.3, 0.4) is 0 Å². The van der Waals surface area contributed by atoms with Crippen molar-refractivity contribution >= 4 is 5.91 Å². The van der Waals surface area contributed by atoms with Crippen LogP contribution in [0.1, 0.15) is 34.6 Å². The molecule has 0 aromatic heterocycles. The maximum Gasteiger partial charge on any atom is 0.240 e. The molecule has 4 heteroatoms. The van der Waals surface area contributed by atoms with E-state index in [4.69, 9.17) is 11.0 Å². The molecule has 4 nitrogen and oxygen atoms in total. The normalized spacial score (nSPS) is 14.7. The highest BCUT2D eigenvalue weighted by atomic mass is 16.2. The van der Waals surface area contributed by atoms with Gasteiger partial charge in [-0.3, -0.25) is 4.79 Å². The van der Waals surface area contributed by atoms with E-state index in [0.29, 0.717) is 6.54 Å². The second kappa shape index (κ2) is 6.49. The Morgan fingerprint density at radius 1 is 1.31 bits per heavy atom. The maximum atomic E-state index is 12.1. The summed E-state index contributed by atoms with van der Waals surface area (Å²) in [5, 5.41) is 9.08. The number of carbonyl (C=O) groups is 1. The van der Waals surface area contributed by atoms with Crippen molar-refractivity contribution in [1.82, 2.24) is 4.90 Å². The van der Waals surface area contributed by atoms with Gasteiger partial charge in [-0.1, -0.05) is 27.7 Å². The lowest BCUT2D eigenvalue weighted by Gasteiger charge is -2.31. The smallest absolute Gasteiger partial charge is 0.240 e. The summed E-state index contributed by atoms with van der Waals surface area (Å²) in [6, 6.07) is 1.27. The van der Waals surface area contributed by atoms with Crippen LogP contribution in [0.5, 0.6) is 0 Å². The van der Waals surface area contributed by atoms with Crippen molar-refractivity contribution in [3.05, 3.63) is 0 Å². The van der Waals surface area contributed by atoms with Crippen molar-refractivity contribution in [2.45, 2.75) is 46.7 Å². The summed E-state index contributed by atoms with van der Waals surface area (Å²) in [4.78, 5) is 13.6. The summed E-state index contributed by atoms with van der Waals surface area (Å²) in [5.74, 6) is 0.0825. The van der Waals surface area contributed by atoms with Gasteiger partial charge < -0.3 is 10.6 Å². The van der Waals surface area contributed by atoms with E-state index < -0.39 is 6.04 Å². The van der Waals surface area contributed by atoms with Gasteiger partial charge in [-0.2, -0.15) is 5.26 Å². The molecule has 0 aliphatic carbocycles. The molecule has 0 bridgehead atoms. The molecule has 1 amide bonds. The van der Waals surface area contributed by atoms with Gasteiger partial charge in [0, 0.05) is 6.54 Å². The lowest BCUT2D eigenvalue weighted by Crippen LogP contribution is -2.51. The van der Waals surface area contributed by atoms with Gasteiger partial charge in [0.25, 0.3) is 0 Å². The Hall–Kier alpha value is -1.08. The van der Waals surface area contributed by atoms with Crippen LogP contribution in [0.15, 0.2) is 0 Å². The summed E-state index contributed by atoms with van der Waals surface area (Å²) in [5.41, 5.74) is 5.83. The molecule has 0 radical (unpaired) electrons. The van der Waals surface area contributed by atoms with E-state index in [1.165, 1.54) is 0 Å². The van der Waals surface area contributed by atoms with E-state index in [-0.39, 0.29) is 23.8 Å². The number of nitriles is 1. The van der Waals surface area contributed by atoms with E-state index in [1.54, 1.807) is 4.90 Å². The largest absolute Gasteiger partial charge is 0.325 e. The van der Waals surface area contributed by atoms with Crippen molar-refractivity contribution in [2.75, 3.05) is 6.54 Å². The average Bonchev–Trinajstić information content (AvgIpc) is 2.22. The molecule has 0 heterocycles. The molecule has 0 fully saturated rings.